The number of carbonyl (C=O) groups is 1. The number of fused-ring (bicyclic) bond motifs is 1. The number of ether oxygens (including phenoxy) is 2. The zero-order valence-electron chi connectivity index (χ0n) is 18.9. The van der Waals surface area contributed by atoms with Crippen molar-refractivity contribution in [2.24, 2.45) is 0 Å². The molecule has 1 aromatic rings. The average Bonchev–Trinajstić information content (AvgIpc) is 2.73. The number of urea groups is 1. The van der Waals surface area contributed by atoms with Crippen LogP contribution in [0.15, 0.2) is 18.2 Å². The Labute approximate surface area is 185 Å². The molecule has 170 valence electrons. The Bertz CT molecular complexity index is 794. The predicted molar refractivity (Wildman–Crippen MR) is 120 cm³/mol. The summed E-state index contributed by atoms with van der Waals surface area (Å²) in [4.78, 5) is 19.1. The Morgan fingerprint density at radius 1 is 1.10 bits per heavy atom. The van der Waals surface area contributed by atoms with E-state index in [2.05, 4.69) is 33.3 Å². The number of hydrogen-bond donors (Lipinski definition) is 1. The van der Waals surface area contributed by atoms with E-state index in [0.29, 0.717) is 6.61 Å². The van der Waals surface area contributed by atoms with Crippen LogP contribution in [-0.2, 0) is 11.3 Å². The standard InChI is InChI=1S/C24H36N4O3/c1-18(2)25-23(29)28-14-12-27(13-15-28)21-6-7-22-19(16-21)17-30-24(31-22)8-10-26(11-9-24)20-4-3-5-20/h6-7,16,18,20H,3-5,8-15,17H2,1-2H3,(H,25,29). The molecule has 1 aliphatic carbocycles. The first kappa shape index (κ1) is 20.9. The van der Waals surface area contributed by atoms with Gasteiger partial charge in [-0.15, -0.1) is 0 Å². The Balaban J connectivity index is 1.17. The van der Waals surface area contributed by atoms with Crippen LogP contribution in [0.1, 0.15) is 51.5 Å². The van der Waals surface area contributed by atoms with E-state index in [1.807, 2.05) is 18.7 Å². The number of piperazine rings is 1. The Morgan fingerprint density at radius 3 is 2.48 bits per heavy atom. The topological polar surface area (TPSA) is 57.3 Å². The summed E-state index contributed by atoms with van der Waals surface area (Å²) >= 11 is 0. The highest BCUT2D eigenvalue weighted by Crippen LogP contribution is 2.40. The number of nitrogens with one attached hydrogen (secondary N) is 1. The number of piperidine rings is 1. The van der Waals surface area contributed by atoms with Gasteiger partial charge in [0.2, 0.25) is 5.79 Å². The molecule has 3 aliphatic heterocycles. The van der Waals surface area contributed by atoms with Crippen molar-refractivity contribution in [3.63, 3.8) is 0 Å². The van der Waals surface area contributed by atoms with Gasteiger partial charge in [0.15, 0.2) is 0 Å². The van der Waals surface area contributed by atoms with Crippen LogP contribution in [0.5, 0.6) is 5.75 Å². The van der Waals surface area contributed by atoms with E-state index in [0.717, 1.165) is 69.5 Å². The van der Waals surface area contributed by atoms with Gasteiger partial charge in [-0.2, -0.15) is 0 Å². The molecule has 5 rings (SSSR count). The molecular weight excluding hydrogens is 392 g/mol. The number of hydrogen-bond acceptors (Lipinski definition) is 5. The van der Waals surface area contributed by atoms with E-state index in [1.165, 1.54) is 24.9 Å². The van der Waals surface area contributed by atoms with Crippen molar-refractivity contribution in [2.75, 3.05) is 44.2 Å². The van der Waals surface area contributed by atoms with Gasteiger partial charge in [0.25, 0.3) is 0 Å². The summed E-state index contributed by atoms with van der Waals surface area (Å²) in [5, 5.41) is 2.98. The summed E-state index contributed by atoms with van der Waals surface area (Å²) in [5.74, 6) is 0.534. The molecule has 3 fully saturated rings. The normalized spacial score (nSPS) is 24.0. The Morgan fingerprint density at radius 2 is 1.84 bits per heavy atom. The minimum absolute atomic E-state index is 0.0375. The van der Waals surface area contributed by atoms with Crippen LogP contribution in [0.2, 0.25) is 0 Å². The Hall–Kier alpha value is -1.99. The second-order valence-corrected chi connectivity index (χ2v) is 9.79. The van der Waals surface area contributed by atoms with Crippen molar-refractivity contribution in [3.05, 3.63) is 23.8 Å². The van der Waals surface area contributed by atoms with Crippen molar-refractivity contribution in [1.29, 1.82) is 0 Å². The third-order valence-electron chi connectivity index (χ3n) is 7.33. The molecule has 3 heterocycles. The molecule has 31 heavy (non-hydrogen) atoms. The maximum absolute atomic E-state index is 12.2. The fourth-order valence-corrected chi connectivity index (χ4v) is 5.15. The van der Waals surface area contributed by atoms with Gasteiger partial charge >= 0.3 is 6.03 Å². The van der Waals surface area contributed by atoms with Crippen LogP contribution < -0.4 is 15.0 Å². The largest absolute Gasteiger partial charge is 0.462 e. The lowest BCUT2D eigenvalue weighted by molar-refractivity contribution is -0.231. The fraction of sp³-hybridized carbons (Fsp3) is 0.708. The molecule has 0 unspecified atom stereocenters. The van der Waals surface area contributed by atoms with Gasteiger partial charge in [0.1, 0.15) is 5.75 Å². The molecule has 0 radical (unpaired) electrons. The van der Waals surface area contributed by atoms with Crippen molar-refractivity contribution in [1.82, 2.24) is 15.1 Å². The molecule has 1 saturated carbocycles. The van der Waals surface area contributed by atoms with Crippen LogP contribution in [0.4, 0.5) is 10.5 Å². The van der Waals surface area contributed by atoms with Gasteiger partial charge in [-0.1, -0.05) is 6.42 Å². The summed E-state index contributed by atoms with van der Waals surface area (Å²) in [7, 11) is 0. The summed E-state index contributed by atoms with van der Waals surface area (Å²) in [6.45, 7) is 9.91. The maximum atomic E-state index is 12.2. The number of likely N-dealkylation sites (tertiary alicyclic amines) is 1. The number of nitrogens with zero attached hydrogens (tertiary/aromatic N) is 3. The zero-order chi connectivity index (χ0) is 21.4. The van der Waals surface area contributed by atoms with E-state index in [4.69, 9.17) is 9.47 Å². The van der Waals surface area contributed by atoms with Crippen molar-refractivity contribution >= 4 is 11.7 Å². The van der Waals surface area contributed by atoms with Gasteiger partial charge in [0, 0.05) is 75.4 Å². The van der Waals surface area contributed by atoms with Crippen molar-refractivity contribution < 1.29 is 14.3 Å². The number of carbonyl (C=O) groups excluding carboxylic acids is 1. The van der Waals surface area contributed by atoms with Crippen molar-refractivity contribution in [3.8, 4) is 5.75 Å². The number of anilines is 1. The summed E-state index contributed by atoms with van der Waals surface area (Å²) in [6, 6.07) is 7.48. The Kier molecular flexibility index (Phi) is 5.73. The third kappa shape index (κ3) is 4.35. The molecule has 0 aromatic heterocycles. The molecule has 2 saturated heterocycles. The van der Waals surface area contributed by atoms with Gasteiger partial charge in [0.05, 0.1) is 6.61 Å². The predicted octanol–water partition coefficient (Wildman–Crippen LogP) is 3.18. The van der Waals surface area contributed by atoms with E-state index >= 15 is 0 Å². The molecule has 1 aromatic carbocycles. The van der Waals surface area contributed by atoms with Crippen LogP contribution >= 0.6 is 0 Å². The number of rotatable bonds is 3. The smallest absolute Gasteiger partial charge is 0.317 e. The SMILES string of the molecule is CC(C)NC(=O)N1CCN(c2ccc3c(c2)COC2(CCN(C4CCC4)CC2)O3)CC1. The first-order valence-corrected chi connectivity index (χ1v) is 12.0. The van der Waals surface area contributed by atoms with E-state index in [9.17, 15) is 4.79 Å². The summed E-state index contributed by atoms with van der Waals surface area (Å²) < 4.78 is 12.8. The molecular formula is C24H36N4O3. The highest BCUT2D eigenvalue weighted by Gasteiger charge is 2.42. The second-order valence-electron chi connectivity index (χ2n) is 9.79. The first-order chi connectivity index (χ1) is 15.0. The molecule has 0 atom stereocenters. The van der Waals surface area contributed by atoms with E-state index < -0.39 is 5.79 Å². The van der Waals surface area contributed by atoms with Crippen LogP contribution in [0, 0.1) is 0 Å². The molecule has 2 amide bonds. The van der Waals surface area contributed by atoms with E-state index in [1.54, 1.807) is 0 Å². The van der Waals surface area contributed by atoms with Crippen LogP contribution in [-0.4, -0.2) is 73.0 Å². The lowest BCUT2D eigenvalue weighted by atomic mass is 9.89. The molecule has 1 spiro atoms. The molecule has 0 bridgehead atoms. The quantitative estimate of drug-likeness (QED) is 0.801. The highest BCUT2D eigenvalue weighted by molar-refractivity contribution is 5.74. The fourth-order valence-electron chi connectivity index (χ4n) is 5.15. The summed E-state index contributed by atoms with van der Waals surface area (Å²) in [5.41, 5.74) is 2.31. The highest BCUT2D eigenvalue weighted by atomic mass is 16.7. The first-order valence-electron chi connectivity index (χ1n) is 12.0. The molecule has 7 nitrogen and oxygen atoms in total. The monoisotopic (exact) mass is 428 g/mol. The lowest BCUT2D eigenvalue weighted by Crippen LogP contribution is -2.54. The number of benzene rings is 1. The van der Waals surface area contributed by atoms with Gasteiger partial charge in [-0.25, -0.2) is 4.79 Å². The summed E-state index contributed by atoms with van der Waals surface area (Å²) in [6.07, 6.45) is 6.00. The van der Waals surface area contributed by atoms with Gasteiger partial charge < -0.3 is 24.6 Å². The van der Waals surface area contributed by atoms with Gasteiger partial charge in [-0.3, -0.25) is 4.90 Å². The van der Waals surface area contributed by atoms with Crippen LogP contribution in [0.3, 0.4) is 0 Å². The number of amides is 2. The minimum Gasteiger partial charge on any atom is -0.462 e. The zero-order valence-corrected chi connectivity index (χ0v) is 18.9. The minimum atomic E-state index is -0.440. The second kappa shape index (κ2) is 8.51. The van der Waals surface area contributed by atoms with E-state index in [-0.39, 0.29) is 12.1 Å². The molecule has 7 heteroatoms. The molecule has 4 aliphatic rings. The molecule has 1 N–H and O–H groups in total. The maximum Gasteiger partial charge on any atom is 0.317 e. The van der Waals surface area contributed by atoms with Crippen LogP contribution in [0.25, 0.3) is 0 Å². The lowest BCUT2D eigenvalue weighted by Gasteiger charge is -2.47. The third-order valence-corrected chi connectivity index (χ3v) is 7.33. The average molecular weight is 429 g/mol. The van der Waals surface area contributed by atoms with Gasteiger partial charge in [-0.05, 0) is 44.9 Å². The van der Waals surface area contributed by atoms with Crippen molar-refractivity contribution in [2.45, 2.75) is 70.4 Å².